The summed E-state index contributed by atoms with van der Waals surface area (Å²) in [6, 6.07) is 0. The first kappa shape index (κ1) is 23.4. The molecule has 0 aromatic carbocycles. The summed E-state index contributed by atoms with van der Waals surface area (Å²) < 4.78 is 5.65. The molecule has 0 N–H and O–H groups in total. The van der Waals surface area contributed by atoms with Crippen LogP contribution in [-0.2, 0) is 14.3 Å². The average molecular weight is 361 g/mol. The normalized spacial score (nSPS) is 12.1. The SMILES string of the molecule is CCCCCCC(CCC)OC(=O)CCCCCCCCC(=O)Cl. The fourth-order valence-electron chi connectivity index (χ4n) is 2.87. The highest BCUT2D eigenvalue weighted by molar-refractivity contribution is 6.63. The zero-order valence-electron chi connectivity index (χ0n) is 15.8. The van der Waals surface area contributed by atoms with Gasteiger partial charge in [0.1, 0.15) is 6.10 Å². The summed E-state index contributed by atoms with van der Waals surface area (Å²) in [7, 11) is 0. The van der Waals surface area contributed by atoms with Crippen LogP contribution in [0.2, 0.25) is 0 Å². The molecule has 0 amide bonds. The van der Waals surface area contributed by atoms with E-state index in [0.717, 1.165) is 64.2 Å². The van der Waals surface area contributed by atoms with E-state index in [4.69, 9.17) is 16.3 Å². The Kier molecular flexibility index (Phi) is 16.8. The second kappa shape index (κ2) is 17.3. The van der Waals surface area contributed by atoms with Gasteiger partial charge in [-0.3, -0.25) is 9.59 Å². The second-order valence-corrected chi connectivity index (χ2v) is 7.15. The number of ether oxygens (including phenoxy) is 1. The number of rotatable bonds is 17. The Morgan fingerprint density at radius 2 is 1.33 bits per heavy atom. The van der Waals surface area contributed by atoms with Crippen LogP contribution in [-0.4, -0.2) is 17.3 Å². The van der Waals surface area contributed by atoms with Crippen LogP contribution in [0.1, 0.15) is 110 Å². The molecule has 0 heterocycles. The quantitative estimate of drug-likeness (QED) is 0.168. The van der Waals surface area contributed by atoms with Crippen LogP contribution in [0.5, 0.6) is 0 Å². The van der Waals surface area contributed by atoms with Gasteiger partial charge in [-0.05, 0) is 43.7 Å². The van der Waals surface area contributed by atoms with Crippen LogP contribution >= 0.6 is 11.6 Å². The number of unbranched alkanes of at least 4 members (excludes halogenated alkanes) is 8. The summed E-state index contributed by atoms with van der Waals surface area (Å²) in [6.45, 7) is 4.35. The molecule has 0 aliphatic rings. The molecule has 0 aromatic rings. The molecule has 24 heavy (non-hydrogen) atoms. The van der Waals surface area contributed by atoms with Crippen molar-refractivity contribution in [2.75, 3.05) is 0 Å². The first-order valence-electron chi connectivity index (χ1n) is 9.97. The number of hydrogen-bond donors (Lipinski definition) is 0. The van der Waals surface area contributed by atoms with Gasteiger partial charge in [0.15, 0.2) is 0 Å². The standard InChI is InChI=1S/C20H37ClO3/c1-3-5-6-11-15-18(14-4-2)24-20(23)17-13-10-8-7-9-12-16-19(21)22/h18H,3-17H2,1-2H3. The largest absolute Gasteiger partial charge is 0.462 e. The van der Waals surface area contributed by atoms with Crippen LogP contribution in [0.15, 0.2) is 0 Å². The summed E-state index contributed by atoms with van der Waals surface area (Å²) in [5, 5.41) is -0.242. The molecule has 0 aliphatic heterocycles. The van der Waals surface area contributed by atoms with Gasteiger partial charge in [-0.2, -0.15) is 0 Å². The molecule has 0 radical (unpaired) electrons. The van der Waals surface area contributed by atoms with Gasteiger partial charge in [0, 0.05) is 12.8 Å². The minimum absolute atomic E-state index is 0.0309. The van der Waals surface area contributed by atoms with Gasteiger partial charge in [0.2, 0.25) is 5.24 Å². The van der Waals surface area contributed by atoms with Crippen LogP contribution in [0, 0.1) is 0 Å². The van der Waals surface area contributed by atoms with Crippen LogP contribution in [0.3, 0.4) is 0 Å². The molecule has 3 nitrogen and oxygen atoms in total. The lowest BCUT2D eigenvalue weighted by atomic mass is 10.1. The lowest BCUT2D eigenvalue weighted by Gasteiger charge is -2.17. The minimum Gasteiger partial charge on any atom is -0.462 e. The third-order valence-electron chi connectivity index (χ3n) is 4.29. The Labute approximate surface area is 153 Å². The highest BCUT2D eigenvalue weighted by atomic mass is 35.5. The number of esters is 1. The Hall–Kier alpha value is -0.570. The minimum atomic E-state index is -0.242. The second-order valence-electron chi connectivity index (χ2n) is 6.73. The van der Waals surface area contributed by atoms with Crippen LogP contribution in [0.25, 0.3) is 0 Å². The van der Waals surface area contributed by atoms with Crippen molar-refractivity contribution in [2.24, 2.45) is 0 Å². The fraction of sp³-hybridized carbons (Fsp3) is 0.900. The zero-order chi connectivity index (χ0) is 18.0. The Morgan fingerprint density at radius 3 is 1.92 bits per heavy atom. The van der Waals surface area contributed by atoms with Gasteiger partial charge in [-0.1, -0.05) is 65.2 Å². The Bertz CT molecular complexity index is 318. The summed E-state index contributed by atoms with van der Waals surface area (Å²) >= 11 is 5.30. The Morgan fingerprint density at radius 1 is 0.750 bits per heavy atom. The maximum Gasteiger partial charge on any atom is 0.306 e. The van der Waals surface area contributed by atoms with Crippen LogP contribution < -0.4 is 0 Å². The van der Waals surface area contributed by atoms with Gasteiger partial charge in [-0.15, -0.1) is 0 Å². The maximum atomic E-state index is 12.0. The van der Waals surface area contributed by atoms with Crippen molar-refractivity contribution in [2.45, 2.75) is 116 Å². The van der Waals surface area contributed by atoms with Gasteiger partial charge in [0.05, 0.1) is 0 Å². The maximum absolute atomic E-state index is 12.0. The third-order valence-corrected chi connectivity index (χ3v) is 4.48. The lowest BCUT2D eigenvalue weighted by molar-refractivity contribution is -0.150. The molecule has 0 aromatic heterocycles. The molecule has 4 heteroatoms. The molecule has 0 saturated carbocycles. The van der Waals surface area contributed by atoms with E-state index >= 15 is 0 Å². The molecule has 0 spiro atoms. The zero-order valence-corrected chi connectivity index (χ0v) is 16.5. The van der Waals surface area contributed by atoms with Crippen molar-refractivity contribution >= 4 is 22.8 Å². The molecule has 0 aliphatic carbocycles. The van der Waals surface area contributed by atoms with Gasteiger partial charge in [0.25, 0.3) is 0 Å². The topological polar surface area (TPSA) is 43.4 Å². The molecule has 1 unspecified atom stereocenters. The summed E-state index contributed by atoms with van der Waals surface area (Å²) in [5.41, 5.74) is 0. The molecule has 0 fully saturated rings. The highest BCUT2D eigenvalue weighted by Gasteiger charge is 2.13. The van der Waals surface area contributed by atoms with Crippen molar-refractivity contribution in [3.63, 3.8) is 0 Å². The van der Waals surface area contributed by atoms with Crippen molar-refractivity contribution < 1.29 is 14.3 Å². The monoisotopic (exact) mass is 360 g/mol. The number of halogens is 1. The first-order valence-corrected chi connectivity index (χ1v) is 10.4. The first-order chi connectivity index (χ1) is 11.6. The summed E-state index contributed by atoms with van der Waals surface area (Å²) in [5.74, 6) is -0.0309. The van der Waals surface area contributed by atoms with E-state index in [1.165, 1.54) is 19.3 Å². The lowest BCUT2D eigenvalue weighted by Crippen LogP contribution is -2.18. The molecule has 0 saturated heterocycles. The van der Waals surface area contributed by atoms with Gasteiger partial charge in [-0.25, -0.2) is 0 Å². The predicted octanol–water partition coefficient (Wildman–Crippen LogP) is 6.55. The predicted molar refractivity (Wildman–Crippen MR) is 101 cm³/mol. The van der Waals surface area contributed by atoms with Crippen molar-refractivity contribution in [1.29, 1.82) is 0 Å². The van der Waals surface area contributed by atoms with Crippen molar-refractivity contribution in [1.82, 2.24) is 0 Å². The molecule has 142 valence electrons. The molecule has 0 rings (SSSR count). The molecular weight excluding hydrogens is 324 g/mol. The van der Waals surface area contributed by atoms with Crippen molar-refractivity contribution in [3.8, 4) is 0 Å². The van der Waals surface area contributed by atoms with E-state index < -0.39 is 0 Å². The van der Waals surface area contributed by atoms with Gasteiger partial charge < -0.3 is 4.74 Å². The fourth-order valence-corrected chi connectivity index (χ4v) is 3.00. The van der Waals surface area contributed by atoms with E-state index in [-0.39, 0.29) is 17.3 Å². The smallest absolute Gasteiger partial charge is 0.306 e. The molecular formula is C20H37ClO3. The third kappa shape index (κ3) is 16.3. The van der Waals surface area contributed by atoms with E-state index in [0.29, 0.717) is 12.8 Å². The number of carbonyl (C=O) groups is 2. The van der Waals surface area contributed by atoms with Gasteiger partial charge >= 0.3 is 5.97 Å². The van der Waals surface area contributed by atoms with E-state index in [1.807, 2.05) is 0 Å². The van der Waals surface area contributed by atoms with E-state index in [1.54, 1.807) is 0 Å². The Balaban J connectivity index is 3.63. The molecule has 1 atom stereocenters. The average Bonchev–Trinajstić information content (AvgIpc) is 2.54. The number of hydrogen-bond acceptors (Lipinski definition) is 3. The van der Waals surface area contributed by atoms with Crippen LogP contribution in [0.4, 0.5) is 0 Å². The van der Waals surface area contributed by atoms with E-state index in [2.05, 4.69) is 13.8 Å². The molecule has 0 bridgehead atoms. The summed E-state index contributed by atoms with van der Waals surface area (Å²) in [4.78, 5) is 22.6. The van der Waals surface area contributed by atoms with E-state index in [9.17, 15) is 9.59 Å². The summed E-state index contributed by atoms with van der Waals surface area (Å²) in [6.07, 6.45) is 15.2. The highest BCUT2D eigenvalue weighted by Crippen LogP contribution is 2.15. The van der Waals surface area contributed by atoms with Crippen molar-refractivity contribution in [3.05, 3.63) is 0 Å². The number of carbonyl (C=O) groups excluding carboxylic acids is 2.